The molecule has 1 saturated carbocycles. The van der Waals surface area contributed by atoms with Gasteiger partial charge in [0.25, 0.3) is 0 Å². The third-order valence-corrected chi connectivity index (χ3v) is 17.2. The van der Waals surface area contributed by atoms with E-state index in [4.69, 9.17) is 50.3 Å². The molecule has 1 radical (unpaired) electrons. The van der Waals surface area contributed by atoms with Crippen LogP contribution in [-0.2, 0) is 30.7 Å². The molecule has 1 aliphatic carbocycles. The zero-order valence-corrected chi connectivity index (χ0v) is 50.6. The molecular formula is C62H85BCl3N7O5P. The number of amides is 1. The molecule has 10 rings (SSSR count). The number of halogens is 3. The summed E-state index contributed by atoms with van der Waals surface area (Å²) in [5.41, 5.74) is 6.88. The molecule has 5 aromatic rings. The minimum Gasteiger partial charge on any atom is -0.504 e. The Labute approximate surface area is 492 Å². The van der Waals surface area contributed by atoms with Gasteiger partial charge in [0.15, 0.2) is 11.5 Å². The molecular weight excluding hydrogens is 1070 g/mol. The molecule has 5 aromatic carbocycles. The van der Waals surface area contributed by atoms with Crippen LogP contribution in [-0.4, -0.2) is 170 Å². The SMILES string of the molecule is CN(CCc1ccc(Cl)c(Cl)c1)C1CCCCC1N1CCCC1.COc1ccc(CN2CCN(Cc3ccccc3)CC2)c(O)c1OC.COc1cccc2c1CCC(=O)N2CCCN1CCN(c2cccc(Cl)c2)CC1.[2H][B]P. The van der Waals surface area contributed by atoms with Crippen LogP contribution in [0.4, 0.5) is 11.4 Å². The van der Waals surface area contributed by atoms with Crippen LogP contribution >= 0.6 is 43.9 Å². The molecule has 3 unspecified atom stereocenters. The number of aromatic hydroxyl groups is 1. The highest BCUT2D eigenvalue weighted by Crippen LogP contribution is 2.40. The van der Waals surface area contributed by atoms with Crippen LogP contribution in [0.2, 0.25) is 15.1 Å². The average Bonchev–Trinajstić information content (AvgIpc) is 4.04. The molecule has 1 amide bonds. The molecule has 4 aliphatic heterocycles. The summed E-state index contributed by atoms with van der Waals surface area (Å²) in [5, 5.41) is 12.5. The maximum Gasteiger partial charge on any atom is 0.227 e. The van der Waals surface area contributed by atoms with Gasteiger partial charge in [0.2, 0.25) is 11.7 Å². The van der Waals surface area contributed by atoms with Crippen molar-refractivity contribution < 1.29 is 24.1 Å². The molecule has 1 N–H and O–H groups in total. The molecule has 0 bridgehead atoms. The number of carbonyl (C=O) groups excluding carboxylic acids is 1. The number of piperazine rings is 2. The van der Waals surface area contributed by atoms with Crippen LogP contribution in [0.1, 0.15) is 73.6 Å². The second kappa shape index (κ2) is 32.4. The number of anilines is 2. The molecule has 0 spiro atoms. The molecule has 4 fully saturated rings. The smallest absolute Gasteiger partial charge is 0.227 e. The summed E-state index contributed by atoms with van der Waals surface area (Å²) in [4.78, 5) is 29.5. The second-order valence-corrected chi connectivity index (χ2v) is 22.4. The fourth-order valence-electron chi connectivity index (χ4n) is 11.9. The van der Waals surface area contributed by atoms with Gasteiger partial charge in [-0.3, -0.25) is 24.4 Å². The molecule has 4 heterocycles. The van der Waals surface area contributed by atoms with Crippen LogP contribution in [0.25, 0.3) is 0 Å². The number of hydrogen-bond acceptors (Lipinski definition) is 11. The summed E-state index contributed by atoms with van der Waals surface area (Å²) in [6.45, 7) is 15.3. The van der Waals surface area contributed by atoms with Crippen molar-refractivity contribution in [2.45, 2.75) is 89.4 Å². The highest BCUT2D eigenvalue weighted by Gasteiger charge is 2.34. The molecule has 3 saturated heterocycles. The van der Waals surface area contributed by atoms with Gasteiger partial charge < -0.3 is 34.0 Å². The van der Waals surface area contributed by atoms with Crippen molar-refractivity contribution in [2.75, 3.05) is 123 Å². The van der Waals surface area contributed by atoms with E-state index < -0.39 is 0 Å². The molecule has 79 heavy (non-hydrogen) atoms. The third kappa shape index (κ3) is 17.9. The topological polar surface area (TPSA) is 87.7 Å². The summed E-state index contributed by atoms with van der Waals surface area (Å²) in [5.74, 6) is 2.24. The first-order valence-electron chi connectivity index (χ1n) is 28.9. The number of nitrogens with zero attached hydrogens (tertiary/aromatic N) is 7. The van der Waals surface area contributed by atoms with Gasteiger partial charge in [0, 0.05) is 119 Å². The number of fused-ring (bicyclic) bond motifs is 1. The number of carbonyl (C=O) groups is 1. The Hall–Kier alpha value is -4.27. The number of methoxy groups -OCH3 is 3. The fourth-order valence-corrected chi connectivity index (χ4v) is 12.4. The Morgan fingerprint density at radius 3 is 2.05 bits per heavy atom. The van der Waals surface area contributed by atoms with Gasteiger partial charge in [0.1, 0.15) is 13.3 Å². The van der Waals surface area contributed by atoms with E-state index in [0.717, 1.165) is 131 Å². The lowest BCUT2D eigenvalue weighted by Crippen LogP contribution is -2.51. The van der Waals surface area contributed by atoms with E-state index >= 15 is 0 Å². The molecule has 12 nitrogen and oxygen atoms in total. The quantitative estimate of drug-likeness (QED) is 0.0713. The van der Waals surface area contributed by atoms with Crippen LogP contribution in [0.15, 0.2) is 103 Å². The second-order valence-electron chi connectivity index (χ2n) is 21.2. The summed E-state index contributed by atoms with van der Waals surface area (Å²) in [7, 11) is 10.4. The number of benzene rings is 5. The average molecular weight is 1160 g/mol. The first kappa shape index (κ1) is 60.8. The van der Waals surface area contributed by atoms with Crippen molar-refractivity contribution >= 4 is 68.7 Å². The number of phenolic OH excluding ortho intramolecular Hbond substituents is 1. The van der Waals surface area contributed by atoms with Gasteiger partial charge in [-0.2, -0.15) is 9.12 Å². The Kier molecular flexibility index (Phi) is 24.9. The zero-order chi connectivity index (χ0) is 56.8. The van der Waals surface area contributed by atoms with E-state index in [1.807, 2.05) is 65.6 Å². The summed E-state index contributed by atoms with van der Waals surface area (Å²) >= 11 is 18.3. The standard InChI is InChI=1S/C23H28ClN3O2.C20H26N2O3.C19H28Cl2N2.BH3P/c1-29-22-8-3-7-21-20(22)9-10-23(28)27(21)12-4-11-25-13-15-26(16-14-25)19-6-2-5-18(24)17-19;1-24-18-9-8-17(19(23)20(18)25-2)15-22-12-10-21(11-13-22)14-16-6-4-3-5-7-16;1-22(13-10-15-8-9-16(20)17(21)14-15)18-6-2-3-7-19(18)23-11-4-5-12-23;1-2/h2-3,5-8,17H,4,9-16H2,1H3;3-9,23H,10-15H2,1-2H3;8-9,14,18-19H,2-7,10-13H2,1H3;1H,2H2/i;;;1D. The largest absolute Gasteiger partial charge is 0.504 e. The van der Waals surface area contributed by atoms with Gasteiger partial charge in [-0.15, -0.1) is 0 Å². The lowest BCUT2D eigenvalue weighted by atomic mass is 9.88. The molecule has 427 valence electrons. The number of hydrogen-bond donors (Lipinski definition) is 1. The van der Waals surface area contributed by atoms with Crippen molar-refractivity contribution in [3.05, 3.63) is 140 Å². The van der Waals surface area contributed by atoms with Crippen molar-refractivity contribution in [3.63, 3.8) is 0 Å². The third-order valence-electron chi connectivity index (χ3n) is 16.2. The van der Waals surface area contributed by atoms with Crippen molar-refractivity contribution in [3.8, 4) is 23.0 Å². The number of likely N-dealkylation sites (N-methyl/N-ethyl adjacent to an activating group) is 1. The first-order valence-corrected chi connectivity index (χ1v) is 30.1. The van der Waals surface area contributed by atoms with Gasteiger partial charge >= 0.3 is 0 Å². The van der Waals surface area contributed by atoms with E-state index in [1.54, 1.807) is 21.3 Å². The monoisotopic (exact) mass is 1160 g/mol. The summed E-state index contributed by atoms with van der Waals surface area (Å²) < 4.78 is 22.0. The van der Waals surface area contributed by atoms with Gasteiger partial charge in [-0.25, -0.2) is 0 Å². The lowest BCUT2D eigenvalue weighted by molar-refractivity contribution is -0.118. The predicted octanol–water partition coefficient (Wildman–Crippen LogP) is 11.1. The molecule has 3 atom stereocenters. The van der Waals surface area contributed by atoms with E-state index in [9.17, 15) is 9.90 Å². The van der Waals surface area contributed by atoms with Crippen LogP contribution in [0.5, 0.6) is 23.0 Å². The lowest BCUT2D eigenvalue weighted by Gasteiger charge is -2.42. The number of ether oxygens (including phenoxy) is 3. The predicted molar refractivity (Wildman–Crippen MR) is 333 cm³/mol. The first-order chi connectivity index (χ1) is 38.9. The van der Waals surface area contributed by atoms with Crippen molar-refractivity contribution in [2.24, 2.45) is 0 Å². The van der Waals surface area contributed by atoms with Crippen molar-refractivity contribution in [1.29, 1.82) is 1.34 Å². The summed E-state index contributed by atoms with van der Waals surface area (Å²) in [6, 6.07) is 35.9. The normalized spacial score (nSPS) is 19.2. The molecule has 17 heteroatoms. The molecule has 5 aliphatic rings. The highest BCUT2D eigenvalue weighted by molar-refractivity contribution is 7.49. The van der Waals surface area contributed by atoms with E-state index in [2.05, 4.69) is 88.0 Å². The van der Waals surface area contributed by atoms with Crippen LogP contribution in [0, 0.1) is 0 Å². The Balaban J connectivity index is 0.000000170. The fraction of sp³-hybridized carbons (Fsp3) is 0.500. The van der Waals surface area contributed by atoms with Gasteiger partial charge in [-0.05, 0) is 133 Å². The maximum atomic E-state index is 12.5. The van der Waals surface area contributed by atoms with E-state index in [-0.39, 0.29) is 11.7 Å². The Morgan fingerprint density at radius 2 is 1.37 bits per heavy atom. The van der Waals surface area contributed by atoms with Crippen LogP contribution < -0.4 is 24.0 Å². The zero-order valence-electron chi connectivity index (χ0n) is 48.1. The minimum atomic E-state index is 0.175. The van der Waals surface area contributed by atoms with Crippen LogP contribution in [0.3, 0.4) is 0 Å². The van der Waals surface area contributed by atoms with Crippen molar-refractivity contribution in [1.82, 2.24) is 24.5 Å². The van der Waals surface area contributed by atoms with E-state index in [1.165, 1.54) is 76.0 Å². The minimum absolute atomic E-state index is 0.175. The number of phenols is 1. The highest BCUT2D eigenvalue weighted by atomic mass is 35.5. The van der Waals surface area contributed by atoms with Gasteiger partial charge in [0.05, 0.1) is 37.1 Å². The van der Waals surface area contributed by atoms with Gasteiger partial charge in [-0.1, -0.05) is 102 Å². The van der Waals surface area contributed by atoms with E-state index in [0.29, 0.717) is 40.6 Å². The number of likely N-dealkylation sites (tertiary alicyclic amines) is 1. The Morgan fingerprint density at radius 1 is 0.684 bits per heavy atom. The molecule has 0 aromatic heterocycles. The maximum absolute atomic E-state index is 12.5. The summed E-state index contributed by atoms with van der Waals surface area (Å²) in [6.07, 6.45) is 11.6. The number of rotatable bonds is 17. The Bertz CT molecular complexity index is 2670.